The van der Waals surface area contributed by atoms with Crippen molar-refractivity contribution in [2.75, 3.05) is 11.4 Å². The topological polar surface area (TPSA) is 29.0 Å². The number of anilines is 2. The van der Waals surface area contributed by atoms with Crippen molar-refractivity contribution in [3.63, 3.8) is 0 Å². The van der Waals surface area contributed by atoms with E-state index in [1.165, 1.54) is 10.8 Å². The predicted molar refractivity (Wildman–Crippen MR) is 88.2 cm³/mol. The van der Waals surface area contributed by atoms with E-state index in [-0.39, 0.29) is 0 Å². The summed E-state index contributed by atoms with van der Waals surface area (Å²) in [6, 6.07) is 14.7. The lowest BCUT2D eigenvalue weighted by molar-refractivity contribution is 0.967. The highest BCUT2D eigenvalue weighted by Gasteiger charge is 2.12. The average Bonchev–Trinajstić information content (AvgIpc) is 2.56. The van der Waals surface area contributed by atoms with Gasteiger partial charge in [-0.2, -0.15) is 0 Å². The van der Waals surface area contributed by atoms with E-state index in [4.69, 9.17) is 11.6 Å². The van der Waals surface area contributed by atoms with Crippen LogP contribution in [0.25, 0.3) is 10.8 Å². The van der Waals surface area contributed by atoms with Crippen LogP contribution in [0.15, 0.2) is 54.9 Å². The molecule has 0 fully saturated rings. The highest BCUT2D eigenvalue weighted by atomic mass is 35.5. The summed E-state index contributed by atoms with van der Waals surface area (Å²) in [6.45, 7) is 2.93. The first-order valence-corrected chi connectivity index (χ1v) is 7.49. The smallest absolute Gasteiger partial charge is 0.151 e. The molecule has 2 aromatic carbocycles. The summed E-state index contributed by atoms with van der Waals surface area (Å²) in [5, 5.41) is 2.43. The zero-order valence-electron chi connectivity index (χ0n) is 11.8. The lowest BCUT2D eigenvalue weighted by atomic mass is 10.1. The summed E-state index contributed by atoms with van der Waals surface area (Å²) in [7, 11) is 0. The molecule has 1 aromatic heterocycles. The minimum absolute atomic E-state index is 0.383. The third-order valence-electron chi connectivity index (χ3n) is 3.48. The Morgan fingerprint density at radius 2 is 1.81 bits per heavy atom. The maximum atomic E-state index is 5.77. The number of aromatic nitrogens is 2. The average molecular weight is 298 g/mol. The Kier molecular flexibility index (Phi) is 4.02. The number of halogens is 1. The van der Waals surface area contributed by atoms with Crippen LogP contribution in [-0.2, 0) is 5.88 Å². The van der Waals surface area contributed by atoms with Crippen molar-refractivity contribution in [3.05, 3.63) is 60.6 Å². The molecule has 0 radical (unpaired) electrons. The number of fused-ring (bicyclic) bond motifs is 1. The van der Waals surface area contributed by atoms with E-state index < -0.39 is 0 Å². The normalized spacial score (nSPS) is 10.8. The van der Waals surface area contributed by atoms with E-state index in [0.29, 0.717) is 5.88 Å². The maximum Gasteiger partial charge on any atom is 0.151 e. The quantitative estimate of drug-likeness (QED) is 0.663. The van der Waals surface area contributed by atoms with Gasteiger partial charge in [-0.05, 0) is 18.4 Å². The molecule has 0 saturated heterocycles. The molecule has 0 aliphatic rings. The molecule has 0 amide bonds. The lowest BCUT2D eigenvalue weighted by Gasteiger charge is -2.23. The minimum atomic E-state index is 0.383. The van der Waals surface area contributed by atoms with E-state index in [0.717, 1.165) is 23.7 Å². The molecule has 1 heterocycles. The first-order chi connectivity index (χ1) is 10.3. The van der Waals surface area contributed by atoms with Gasteiger partial charge < -0.3 is 4.90 Å². The molecule has 4 heteroatoms. The van der Waals surface area contributed by atoms with Crippen LogP contribution in [0.3, 0.4) is 0 Å². The summed E-state index contributed by atoms with van der Waals surface area (Å²) in [5.41, 5.74) is 1.93. The van der Waals surface area contributed by atoms with Gasteiger partial charge in [-0.25, -0.2) is 4.98 Å². The van der Waals surface area contributed by atoms with Crippen LogP contribution in [0.1, 0.15) is 12.6 Å². The van der Waals surface area contributed by atoms with Gasteiger partial charge in [0.05, 0.1) is 29.7 Å². The van der Waals surface area contributed by atoms with Crippen molar-refractivity contribution < 1.29 is 0 Å². The molecule has 0 spiro atoms. The Bertz CT molecular complexity index is 735. The molecule has 0 aliphatic carbocycles. The maximum absolute atomic E-state index is 5.77. The molecule has 0 N–H and O–H groups in total. The SMILES string of the molecule is CCN(c1cnc(CCl)cn1)c1cccc2ccccc12. The van der Waals surface area contributed by atoms with E-state index in [9.17, 15) is 0 Å². The molecular formula is C17H16ClN3. The largest absolute Gasteiger partial charge is 0.325 e. The summed E-state index contributed by atoms with van der Waals surface area (Å²) in [6.07, 6.45) is 3.51. The van der Waals surface area contributed by atoms with Crippen LogP contribution in [0, 0.1) is 0 Å². The third kappa shape index (κ3) is 2.69. The molecular weight excluding hydrogens is 282 g/mol. The van der Waals surface area contributed by atoms with Crippen molar-refractivity contribution in [2.45, 2.75) is 12.8 Å². The molecule has 106 valence electrons. The fraction of sp³-hybridized carbons (Fsp3) is 0.176. The van der Waals surface area contributed by atoms with Gasteiger partial charge in [0.2, 0.25) is 0 Å². The van der Waals surface area contributed by atoms with Crippen LogP contribution in [0.5, 0.6) is 0 Å². The standard InChI is InChI=1S/C17H16ClN3/c1-2-21(17-12-19-14(10-18)11-20-17)16-9-5-7-13-6-3-4-8-15(13)16/h3-9,11-12H,2,10H2,1H3. The number of rotatable bonds is 4. The van der Waals surface area contributed by atoms with Gasteiger partial charge in [-0.15, -0.1) is 11.6 Å². The van der Waals surface area contributed by atoms with Gasteiger partial charge in [0.1, 0.15) is 0 Å². The van der Waals surface area contributed by atoms with Crippen molar-refractivity contribution in [3.8, 4) is 0 Å². The molecule has 21 heavy (non-hydrogen) atoms. The fourth-order valence-electron chi connectivity index (χ4n) is 2.46. The Morgan fingerprint density at radius 1 is 1.00 bits per heavy atom. The van der Waals surface area contributed by atoms with Crippen LogP contribution in [0.4, 0.5) is 11.5 Å². The Hall–Kier alpha value is -2.13. The molecule has 0 atom stereocenters. The van der Waals surface area contributed by atoms with E-state index in [2.05, 4.69) is 64.3 Å². The molecule has 0 saturated carbocycles. The number of alkyl halides is 1. The predicted octanol–water partition coefficient (Wildman–Crippen LogP) is 4.53. The van der Waals surface area contributed by atoms with Gasteiger partial charge in [0, 0.05) is 11.9 Å². The van der Waals surface area contributed by atoms with Gasteiger partial charge in [0.15, 0.2) is 5.82 Å². The highest BCUT2D eigenvalue weighted by Crippen LogP contribution is 2.30. The summed E-state index contributed by atoms with van der Waals surface area (Å²) in [4.78, 5) is 11.0. The van der Waals surface area contributed by atoms with Gasteiger partial charge in [0.25, 0.3) is 0 Å². The van der Waals surface area contributed by atoms with Crippen LogP contribution < -0.4 is 4.90 Å². The Morgan fingerprint density at radius 3 is 2.52 bits per heavy atom. The number of hydrogen-bond acceptors (Lipinski definition) is 3. The fourth-order valence-corrected chi connectivity index (χ4v) is 2.59. The highest BCUT2D eigenvalue weighted by molar-refractivity contribution is 6.16. The van der Waals surface area contributed by atoms with E-state index in [1.54, 1.807) is 12.4 Å². The summed E-state index contributed by atoms with van der Waals surface area (Å²) in [5.74, 6) is 1.22. The zero-order valence-corrected chi connectivity index (χ0v) is 12.6. The number of hydrogen-bond donors (Lipinski definition) is 0. The second kappa shape index (κ2) is 6.10. The summed E-state index contributed by atoms with van der Waals surface area (Å²) >= 11 is 5.77. The van der Waals surface area contributed by atoms with Crippen LogP contribution in [-0.4, -0.2) is 16.5 Å². The van der Waals surface area contributed by atoms with Gasteiger partial charge in [-0.1, -0.05) is 36.4 Å². The van der Waals surface area contributed by atoms with Crippen molar-refractivity contribution >= 4 is 33.9 Å². The monoisotopic (exact) mass is 297 g/mol. The molecule has 0 aliphatic heterocycles. The van der Waals surface area contributed by atoms with Gasteiger partial charge in [-0.3, -0.25) is 4.98 Å². The number of nitrogens with zero attached hydrogens (tertiary/aromatic N) is 3. The molecule has 0 unspecified atom stereocenters. The van der Waals surface area contributed by atoms with E-state index >= 15 is 0 Å². The minimum Gasteiger partial charge on any atom is -0.325 e. The van der Waals surface area contributed by atoms with E-state index in [1.807, 2.05) is 0 Å². The third-order valence-corrected chi connectivity index (χ3v) is 3.75. The van der Waals surface area contributed by atoms with Crippen LogP contribution in [0.2, 0.25) is 0 Å². The second-order valence-corrected chi connectivity index (χ2v) is 5.01. The lowest BCUT2D eigenvalue weighted by Crippen LogP contribution is -2.18. The zero-order chi connectivity index (χ0) is 14.7. The van der Waals surface area contributed by atoms with Gasteiger partial charge >= 0.3 is 0 Å². The molecule has 0 bridgehead atoms. The number of benzene rings is 2. The first-order valence-electron chi connectivity index (χ1n) is 6.95. The molecule has 3 rings (SSSR count). The molecule has 3 aromatic rings. The van der Waals surface area contributed by atoms with Crippen LogP contribution >= 0.6 is 11.6 Å². The second-order valence-electron chi connectivity index (χ2n) is 4.74. The van der Waals surface area contributed by atoms with Crippen molar-refractivity contribution in [1.29, 1.82) is 0 Å². The Balaban J connectivity index is 2.09. The first kappa shape index (κ1) is 13.8. The molecule has 3 nitrogen and oxygen atoms in total. The Labute approximate surface area is 129 Å². The van der Waals surface area contributed by atoms with Crippen molar-refractivity contribution in [1.82, 2.24) is 9.97 Å². The summed E-state index contributed by atoms with van der Waals surface area (Å²) < 4.78 is 0. The van der Waals surface area contributed by atoms with Crippen molar-refractivity contribution in [2.24, 2.45) is 0 Å².